The van der Waals surface area contributed by atoms with E-state index < -0.39 is 0 Å². The van der Waals surface area contributed by atoms with E-state index in [4.69, 9.17) is 13.7 Å². The molecule has 0 amide bonds. The average Bonchev–Trinajstić information content (AvgIpc) is 3.32. The van der Waals surface area contributed by atoms with Crippen molar-refractivity contribution in [1.82, 2.24) is 0 Å². The molecule has 1 aliphatic heterocycles. The van der Waals surface area contributed by atoms with Gasteiger partial charge in [0.1, 0.15) is 22.6 Å². The summed E-state index contributed by atoms with van der Waals surface area (Å²) in [5.41, 5.74) is 2.13. The molecule has 0 aromatic heterocycles. The Kier molecular flexibility index (Phi) is 9.33. The van der Waals surface area contributed by atoms with Crippen molar-refractivity contribution in [3.63, 3.8) is 0 Å². The van der Waals surface area contributed by atoms with Crippen LogP contribution in [0, 0.1) is 16.2 Å². The van der Waals surface area contributed by atoms with E-state index in [0.29, 0.717) is 6.61 Å². The molecule has 1 heterocycles. The summed E-state index contributed by atoms with van der Waals surface area (Å²) in [6, 6.07) is 17.7. The molecule has 0 bridgehead atoms. The van der Waals surface area contributed by atoms with Crippen molar-refractivity contribution in [3.8, 4) is 5.75 Å². The van der Waals surface area contributed by atoms with Gasteiger partial charge in [-0.2, -0.15) is 0 Å². The van der Waals surface area contributed by atoms with E-state index >= 15 is 0 Å². The van der Waals surface area contributed by atoms with Gasteiger partial charge in [0.25, 0.3) is 0 Å². The Morgan fingerprint density at radius 1 is 0.700 bits per heavy atom. The summed E-state index contributed by atoms with van der Waals surface area (Å²) in [6.07, 6.45) is 1.04. The Morgan fingerprint density at radius 2 is 1.23 bits per heavy atom. The second-order valence-electron chi connectivity index (χ2n) is 16.7. The molecular weight excluding hydrogens is 512 g/mol. The Balaban J connectivity index is 1.93. The number of rotatable bonds is 9. The van der Waals surface area contributed by atoms with Gasteiger partial charge in [0.05, 0.1) is 6.61 Å². The van der Waals surface area contributed by atoms with Gasteiger partial charge in [-0.3, -0.25) is 0 Å². The molecule has 0 N–H and O–H groups in total. The molecule has 224 valence electrons. The van der Waals surface area contributed by atoms with Gasteiger partial charge >= 0.3 is 0 Å². The predicted octanol–water partition coefficient (Wildman–Crippen LogP) is 10.8. The zero-order valence-electron chi connectivity index (χ0n) is 27.8. The topological polar surface area (TPSA) is 31.0 Å². The quantitative estimate of drug-likeness (QED) is 0.222. The van der Waals surface area contributed by atoms with Crippen LogP contribution >= 0.6 is 12.0 Å². The Hall–Kier alpha value is -1.49. The minimum Gasteiger partial charge on any atom is -0.488 e. The first-order chi connectivity index (χ1) is 18.0. The van der Waals surface area contributed by atoms with E-state index in [2.05, 4.69) is 145 Å². The van der Waals surface area contributed by atoms with Crippen molar-refractivity contribution in [1.29, 1.82) is 0 Å². The monoisotopic (exact) mass is 568 g/mol. The van der Waals surface area contributed by atoms with Crippen LogP contribution in [0.25, 0.3) is 0 Å². The summed E-state index contributed by atoms with van der Waals surface area (Å²) < 4.78 is 19.0. The summed E-state index contributed by atoms with van der Waals surface area (Å²) in [5, 5.41) is 0. The summed E-state index contributed by atoms with van der Waals surface area (Å²) in [7, 11) is 0. The van der Waals surface area contributed by atoms with Gasteiger partial charge in [0.15, 0.2) is 0 Å². The van der Waals surface area contributed by atoms with Crippen molar-refractivity contribution in [2.75, 3.05) is 6.61 Å². The van der Waals surface area contributed by atoms with Gasteiger partial charge in [-0.05, 0) is 92.7 Å². The van der Waals surface area contributed by atoms with Crippen molar-refractivity contribution >= 4 is 12.0 Å². The molecule has 1 aliphatic rings. The normalized spacial score (nSPS) is 23.6. The van der Waals surface area contributed by atoms with Crippen LogP contribution in [0.2, 0.25) is 0 Å². The second kappa shape index (κ2) is 11.3. The highest BCUT2D eigenvalue weighted by molar-refractivity contribution is 7.94. The maximum Gasteiger partial charge on any atom is 0.120 e. The molecule has 4 heteroatoms. The summed E-state index contributed by atoms with van der Waals surface area (Å²) >= 11 is 1.47. The number of hydrogen-bond acceptors (Lipinski definition) is 4. The van der Waals surface area contributed by atoms with E-state index in [0.717, 1.165) is 17.1 Å². The Labute approximate surface area is 250 Å². The third kappa shape index (κ3) is 8.29. The fourth-order valence-corrected chi connectivity index (χ4v) is 6.97. The zero-order chi connectivity index (χ0) is 30.4. The average molecular weight is 569 g/mol. The molecule has 2 aromatic rings. The van der Waals surface area contributed by atoms with Gasteiger partial charge < -0.3 is 13.7 Å². The summed E-state index contributed by atoms with van der Waals surface area (Å²) in [4.78, 5) is 1.14. The lowest BCUT2D eigenvalue weighted by Gasteiger charge is -2.38. The highest BCUT2D eigenvalue weighted by atomic mass is 32.2. The van der Waals surface area contributed by atoms with Crippen molar-refractivity contribution in [2.45, 2.75) is 137 Å². The number of epoxide rings is 1. The lowest BCUT2D eigenvalue weighted by molar-refractivity contribution is 0.130. The molecule has 4 atom stereocenters. The van der Waals surface area contributed by atoms with E-state index in [1.807, 2.05) is 0 Å². The molecule has 0 aliphatic carbocycles. The molecule has 1 fully saturated rings. The molecule has 0 spiro atoms. The Morgan fingerprint density at radius 3 is 1.68 bits per heavy atom. The maximum atomic E-state index is 6.98. The lowest BCUT2D eigenvalue weighted by atomic mass is 9.62. The maximum absolute atomic E-state index is 6.98. The van der Waals surface area contributed by atoms with Gasteiger partial charge in [-0.25, -0.2) is 0 Å². The second-order valence-corrected chi connectivity index (χ2v) is 17.6. The highest BCUT2D eigenvalue weighted by Crippen LogP contribution is 2.67. The van der Waals surface area contributed by atoms with E-state index in [1.54, 1.807) is 0 Å². The standard InChI is InChI=1S/C36H56O3S/c1-31(2,3)23-29(25-17-21-28(22-18-25)40-37-24-32(4,5)6)35(13)36(14,39-35)30(33(7,8)9)26-15-19-27(20-16-26)38-34(10,11)12/h15-22,29-30H,23-24H2,1-14H3. The number of ether oxygens (including phenoxy) is 2. The van der Waals surface area contributed by atoms with Crippen LogP contribution in [0.1, 0.15) is 126 Å². The fraction of sp³-hybridized carbons (Fsp3) is 0.667. The molecule has 2 aromatic carbocycles. The molecule has 0 saturated carbocycles. The third-order valence-corrected chi connectivity index (χ3v) is 8.53. The summed E-state index contributed by atoms with van der Waals surface area (Å²) in [5.74, 6) is 1.39. The van der Waals surface area contributed by atoms with Crippen molar-refractivity contribution in [2.24, 2.45) is 16.2 Å². The van der Waals surface area contributed by atoms with E-state index in [9.17, 15) is 0 Å². The number of hydrogen-bond donors (Lipinski definition) is 0. The third-order valence-electron chi connectivity index (χ3n) is 7.83. The molecule has 4 unspecified atom stereocenters. The minimum absolute atomic E-state index is 0.0100. The highest BCUT2D eigenvalue weighted by Gasteiger charge is 2.72. The molecule has 1 saturated heterocycles. The number of benzene rings is 2. The first-order valence-corrected chi connectivity index (χ1v) is 15.7. The van der Waals surface area contributed by atoms with Crippen LogP contribution < -0.4 is 4.74 Å². The van der Waals surface area contributed by atoms with Crippen LogP contribution in [0.15, 0.2) is 53.4 Å². The smallest absolute Gasteiger partial charge is 0.120 e. The van der Waals surface area contributed by atoms with Gasteiger partial charge in [0, 0.05) is 28.8 Å². The largest absolute Gasteiger partial charge is 0.488 e. The SMILES string of the molecule is CC(C)(C)COSc1ccc(C(CC(C)(C)C)C2(C)OC2(C)C(c2ccc(OC(C)(C)C)cc2)C(C)(C)C)cc1. The van der Waals surface area contributed by atoms with E-state index in [1.165, 1.54) is 23.2 Å². The van der Waals surface area contributed by atoms with Crippen molar-refractivity contribution in [3.05, 3.63) is 59.7 Å². The fourth-order valence-electron chi connectivity index (χ4n) is 6.18. The molecular formula is C36H56O3S. The molecule has 40 heavy (non-hydrogen) atoms. The van der Waals surface area contributed by atoms with Gasteiger partial charge in [0.2, 0.25) is 0 Å². The van der Waals surface area contributed by atoms with Crippen LogP contribution in [-0.2, 0) is 8.92 Å². The van der Waals surface area contributed by atoms with Crippen LogP contribution in [0.3, 0.4) is 0 Å². The summed E-state index contributed by atoms with van der Waals surface area (Å²) in [6.45, 7) is 32.3. The zero-order valence-corrected chi connectivity index (χ0v) is 28.6. The van der Waals surface area contributed by atoms with E-state index in [-0.39, 0.29) is 44.9 Å². The molecule has 0 radical (unpaired) electrons. The van der Waals surface area contributed by atoms with Crippen molar-refractivity contribution < 1.29 is 13.7 Å². The van der Waals surface area contributed by atoms with Gasteiger partial charge in [-0.15, -0.1) is 0 Å². The van der Waals surface area contributed by atoms with Gasteiger partial charge in [-0.1, -0.05) is 86.6 Å². The lowest BCUT2D eigenvalue weighted by Crippen LogP contribution is -2.39. The molecule has 3 nitrogen and oxygen atoms in total. The van der Waals surface area contributed by atoms with Crippen LogP contribution in [0.4, 0.5) is 0 Å². The minimum atomic E-state index is -0.309. The first kappa shape index (κ1) is 33.0. The predicted molar refractivity (Wildman–Crippen MR) is 171 cm³/mol. The van der Waals surface area contributed by atoms with Crippen LogP contribution in [0.5, 0.6) is 5.75 Å². The first-order valence-electron chi connectivity index (χ1n) is 14.9. The molecule has 3 rings (SSSR count). The van der Waals surface area contributed by atoms with Crippen LogP contribution in [-0.4, -0.2) is 23.4 Å². The Bertz CT molecular complexity index is 1110.